The van der Waals surface area contributed by atoms with Gasteiger partial charge in [-0.2, -0.15) is 0 Å². The van der Waals surface area contributed by atoms with E-state index >= 15 is 0 Å². The minimum atomic E-state index is -0.104. The number of benzene rings is 3. The molecule has 0 N–H and O–H groups in total. The lowest BCUT2D eigenvalue weighted by Gasteiger charge is -2.15. The number of hydrogen-bond acceptors (Lipinski definition) is 5. The van der Waals surface area contributed by atoms with Gasteiger partial charge in [-0.3, -0.25) is 9.69 Å². The first-order valence-corrected chi connectivity index (χ1v) is 13.6. The van der Waals surface area contributed by atoms with E-state index in [0.29, 0.717) is 37.3 Å². The van der Waals surface area contributed by atoms with Crippen molar-refractivity contribution >= 4 is 86.1 Å². The topological polar surface area (TPSA) is 38.8 Å². The van der Waals surface area contributed by atoms with Gasteiger partial charge in [0.2, 0.25) is 0 Å². The number of aryl methyl sites for hydroxylation is 1. The van der Waals surface area contributed by atoms with E-state index in [1.54, 1.807) is 24.1 Å². The first-order valence-electron chi connectivity index (χ1n) is 10.5. The predicted octanol–water partition coefficient (Wildman–Crippen LogP) is 7.90. The number of carbonyl (C=O) groups excluding carboxylic acids is 1. The zero-order valence-corrected chi connectivity index (χ0v) is 24.1. The first kappa shape index (κ1) is 26.3. The highest BCUT2D eigenvalue weighted by atomic mass is 127. The highest BCUT2D eigenvalue weighted by molar-refractivity contribution is 14.1. The van der Waals surface area contributed by atoms with Gasteiger partial charge >= 0.3 is 0 Å². The fourth-order valence-electron chi connectivity index (χ4n) is 3.42. The van der Waals surface area contributed by atoms with Gasteiger partial charge in [0, 0.05) is 15.6 Å². The summed E-state index contributed by atoms with van der Waals surface area (Å²) in [5.74, 6) is 1.05. The van der Waals surface area contributed by atoms with Gasteiger partial charge in [0.1, 0.15) is 10.9 Å². The molecule has 1 aliphatic rings. The van der Waals surface area contributed by atoms with Crippen LogP contribution in [0, 0.1) is 10.5 Å². The number of amides is 1. The maximum absolute atomic E-state index is 13.1. The molecule has 0 unspecified atom stereocenters. The summed E-state index contributed by atoms with van der Waals surface area (Å²) in [5.41, 5.74) is 3.84. The summed E-state index contributed by atoms with van der Waals surface area (Å²) in [7, 11) is 1.58. The van der Waals surface area contributed by atoms with Crippen molar-refractivity contribution in [1.82, 2.24) is 4.90 Å². The molecule has 0 spiro atoms. The molecule has 0 aromatic heterocycles. The summed E-state index contributed by atoms with van der Waals surface area (Å²) >= 11 is 21.2. The lowest BCUT2D eigenvalue weighted by molar-refractivity contribution is -0.122. The van der Waals surface area contributed by atoms with E-state index in [-0.39, 0.29) is 12.5 Å². The Morgan fingerprint density at radius 1 is 1.11 bits per heavy atom. The number of thioether (sulfide) groups is 1. The van der Waals surface area contributed by atoms with Crippen LogP contribution in [0.15, 0.2) is 59.5 Å². The molecule has 1 aliphatic heterocycles. The monoisotopic (exact) mass is 655 g/mol. The largest absolute Gasteiger partial charge is 0.493 e. The van der Waals surface area contributed by atoms with Crippen molar-refractivity contribution in [2.45, 2.75) is 20.1 Å². The normalized spacial score (nSPS) is 14.7. The summed E-state index contributed by atoms with van der Waals surface area (Å²) < 4.78 is 13.0. The Kier molecular flexibility index (Phi) is 8.65. The van der Waals surface area contributed by atoms with Crippen LogP contribution in [0.1, 0.15) is 22.3 Å². The molecule has 4 rings (SSSR count). The van der Waals surface area contributed by atoms with Crippen LogP contribution in [-0.4, -0.2) is 22.2 Å². The number of methoxy groups -OCH3 is 1. The highest BCUT2D eigenvalue weighted by Gasteiger charge is 2.32. The molecule has 3 aromatic rings. The van der Waals surface area contributed by atoms with E-state index < -0.39 is 0 Å². The fourth-order valence-corrected chi connectivity index (χ4v) is 5.91. The Labute approximate surface area is 237 Å². The molecule has 0 radical (unpaired) electrons. The van der Waals surface area contributed by atoms with Crippen molar-refractivity contribution in [3.8, 4) is 11.5 Å². The molecule has 1 saturated heterocycles. The lowest BCUT2D eigenvalue weighted by atomic mass is 10.1. The van der Waals surface area contributed by atoms with Crippen LogP contribution in [0.3, 0.4) is 0 Å². The average molecular weight is 656 g/mol. The smallest absolute Gasteiger partial charge is 0.266 e. The predicted molar refractivity (Wildman–Crippen MR) is 156 cm³/mol. The molecule has 3 aromatic carbocycles. The summed E-state index contributed by atoms with van der Waals surface area (Å²) in [6, 6.07) is 17.2. The Balaban J connectivity index is 1.53. The summed E-state index contributed by atoms with van der Waals surface area (Å²) in [6.45, 7) is 2.74. The van der Waals surface area contributed by atoms with Gasteiger partial charge in [0.05, 0.1) is 22.1 Å². The van der Waals surface area contributed by atoms with Crippen LogP contribution in [0.25, 0.3) is 6.08 Å². The number of carbonyl (C=O) groups is 1. The minimum absolute atomic E-state index is 0.104. The standard InChI is InChI=1S/C26H20Cl2INO3S2/c1-15-3-5-16(6-4-15)13-30-25(31)23(35-26(30)34)11-17-9-21(29)24(22(10-17)32-2)33-14-18-7-8-19(27)12-20(18)28/h3-12H,13-14H2,1-2H3/b23-11-. The molecule has 9 heteroatoms. The van der Waals surface area contributed by atoms with Gasteiger partial charge in [-0.25, -0.2) is 0 Å². The molecule has 1 amide bonds. The van der Waals surface area contributed by atoms with Gasteiger partial charge in [-0.05, 0) is 71.0 Å². The summed E-state index contributed by atoms with van der Waals surface area (Å²) in [6.07, 6.45) is 1.83. The maximum atomic E-state index is 13.1. The van der Waals surface area contributed by atoms with E-state index in [9.17, 15) is 4.79 Å². The molecule has 1 heterocycles. The minimum Gasteiger partial charge on any atom is -0.493 e. The van der Waals surface area contributed by atoms with Crippen LogP contribution in [0.5, 0.6) is 11.5 Å². The number of halogens is 3. The van der Waals surface area contributed by atoms with Crippen LogP contribution in [0.2, 0.25) is 10.0 Å². The van der Waals surface area contributed by atoms with Crippen molar-refractivity contribution < 1.29 is 14.3 Å². The van der Waals surface area contributed by atoms with Gasteiger partial charge in [0.25, 0.3) is 5.91 Å². The Morgan fingerprint density at radius 2 is 1.86 bits per heavy atom. The second-order valence-electron chi connectivity index (χ2n) is 7.81. The molecule has 0 saturated carbocycles. The van der Waals surface area contributed by atoms with Gasteiger partial charge in [-0.1, -0.05) is 83.1 Å². The molecule has 35 heavy (non-hydrogen) atoms. The summed E-state index contributed by atoms with van der Waals surface area (Å²) in [5, 5.41) is 1.11. The average Bonchev–Trinajstić information content (AvgIpc) is 3.07. The van der Waals surface area contributed by atoms with Crippen molar-refractivity contribution in [3.05, 3.63) is 95.4 Å². The number of ether oxygens (including phenoxy) is 2. The van der Waals surface area contributed by atoms with Crippen LogP contribution < -0.4 is 9.47 Å². The maximum Gasteiger partial charge on any atom is 0.266 e. The zero-order chi connectivity index (χ0) is 25.1. The van der Waals surface area contributed by atoms with Crippen molar-refractivity contribution in [2.75, 3.05) is 7.11 Å². The van der Waals surface area contributed by atoms with Crippen molar-refractivity contribution in [2.24, 2.45) is 0 Å². The van der Waals surface area contributed by atoms with Gasteiger partial charge in [0.15, 0.2) is 11.5 Å². The molecule has 1 fully saturated rings. The van der Waals surface area contributed by atoms with E-state index in [1.165, 1.54) is 17.3 Å². The van der Waals surface area contributed by atoms with Crippen LogP contribution in [0.4, 0.5) is 0 Å². The van der Waals surface area contributed by atoms with E-state index in [2.05, 4.69) is 22.6 Å². The quantitative estimate of drug-likeness (QED) is 0.147. The van der Waals surface area contributed by atoms with Crippen molar-refractivity contribution in [1.29, 1.82) is 0 Å². The number of thiocarbonyl (C=S) groups is 1. The third-order valence-corrected chi connectivity index (χ3v) is 8.04. The van der Waals surface area contributed by atoms with Crippen LogP contribution >= 0.6 is 69.8 Å². The zero-order valence-electron chi connectivity index (χ0n) is 18.8. The number of hydrogen-bond donors (Lipinski definition) is 0. The van der Waals surface area contributed by atoms with E-state index in [0.717, 1.165) is 20.3 Å². The Bertz CT molecular complexity index is 1330. The van der Waals surface area contributed by atoms with Gasteiger partial charge < -0.3 is 9.47 Å². The fraction of sp³-hybridized carbons (Fsp3) is 0.154. The lowest BCUT2D eigenvalue weighted by Crippen LogP contribution is -2.27. The number of nitrogens with zero attached hydrogens (tertiary/aromatic N) is 1. The van der Waals surface area contributed by atoms with E-state index in [4.69, 9.17) is 44.9 Å². The molecule has 4 nitrogen and oxygen atoms in total. The molecule has 180 valence electrons. The van der Waals surface area contributed by atoms with Crippen molar-refractivity contribution in [3.63, 3.8) is 0 Å². The third-order valence-electron chi connectivity index (χ3n) is 5.27. The highest BCUT2D eigenvalue weighted by Crippen LogP contribution is 2.38. The molecule has 0 atom stereocenters. The molecule has 0 aliphatic carbocycles. The second-order valence-corrected chi connectivity index (χ2v) is 11.5. The summed E-state index contributed by atoms with van der Waals surface area (Å²) in [4.78, 5) is 15.3. The third kappa shape index (κ3) is 6.32. The second kappa shape index (κ2) is 11.5. The van der Waals surface area contributed by atoms with E-state index in [1.807, 2.05) is 55.5 Å². The SMILES string of the molecule is COc1cc(/C=C2\SC(=S)N(Cc3ccc(C)cc3)C2=O)cc(I)c1OCc1ccc(Cl)cc1Cl. The molecular formula is C26H20Cl2INO3S2. The molecular weight excluding hydrogens is 636 g/mol. The van der Waals surface area contributed by atoms with Crippen LogP contribution in [-0.2, 0) is 17.9 Å². The Morgan fingerprint density at radius 3 is 2.54 bits per heavy atom. The Hall–Kier alpha value is -1.78. The molecule has 0 bridgehead atoms. The first-order chi connectivity index (χ1) is 16.7. The van der Waals surface area contributed by atoms with Gasteiger partial charge in [-0.15, -0.1) is 0 Å². The number of rotatable bonds is 7.